The Morgan fingerprint density at radius 1 is 0.909 bits per heavy atom. The predicted molar refractivity (Wildman–Crippen MR) is 95.8 cm³/mol. The van der Waals surface area contributed by atoms with Crippen molar-refractivity contribution in [2.45, 2.75) is 46.8 Å². The highest BCUT2D eigenvalue weighted by Crippen LogP contribution is 2.45. The highest BCUT2D eigenvalue weighted by atomic mass is 79.9. The maximum absolute atomic E-state index is 6.11. The highest BCUT2D eigenvalue weighted by Gasteiger charge is 2.20. The number of rotatable bonds is 5. The normalized spacial score (nSPS) is 11.1. The van der Waals surface area contributed by atoms with Crippen molar-refractivity contribution in [3.05, 3.63) is 46.4 Å². The van der Waals surface area contributed by atoms with E-state index in [-0.39, 0.29) is 12.2 Å². The average Bonchev–Trinajstić information content (AvgIpc) is 2.44. The molecule has 0 radical (unpaired) electrons. The van der Waals surface area contributed by atoms with E-state index in [1.165, 1.54) is 0 Å². The lowest BCUT2D eigenvalue weighted by molar-refractivity contribution is 0.230. The molecule has 0 saturated carbocycles. The number of hydrogen-bond acceptors (Lipinski definition) is 2. The van der Waals surface area contributed by atoms with Gasteiger partial charge in [-0.05, 0) is 67.7 Å². The van der Waals surface area contributed by atoms with Gasteiger partial charge in [0.05, 0.1) is 22.2 Å². The van der Waals surface area contributed by atoms with Gasteiger partial charge in [0, 0.05) is 0 Å². The van der Waals surface area contributed by atoms with Crippen LogP contribution in [-0.2, 0) is 0 Å². The molecule has 0 aliphatic heterocycles. The van der Waals surface area contributed by atoms with E-state index in [0.717, 1.165) is 32.7 Å². The van der Waals surface area contributed by atoms with Gasteiger partial charge in [-0.1, -0.05) is 30.3 Å². The van der Waals surface area contributed by atoms with Crippen molar-refractivity contribution >= 4 is 15.9 Å². The zero-order chi connectivity index (χ0) is 16.3. The van der Waals surface area contributed by atoms with E-state index in [0.29, 0.717) is 0 Å². The van der Waals surface area contributed by atoms with Crippen molar-refractivity contribution in [3.63, 3.8) is 0 Å². The lowest BCUT2D eigenvalue weighted by atomic mass is 10.0. The molecule has 0 heterocycles. The first-order valence-corrected chi connectivity index (χ1v) is 8.41. The molecular formula is C19H23BrO2. The first-order valence-electron chi connectivity index (χ1n) is 7.62. The fourth-order valence-corrected chi connectivity index (χ4v) is 2.71. The summed E-state index contributed by atoms with van der Waals surface area (Å²) in [7, 11) is 0. The highest BCUT2D eigenvalue weighted by molar-refractivity contribution is 9.10. The molecule has 2 rings (SSSR count). The molecule has 0 fully saturated rings. The third kappa shape index (κ3) is 3.83. The van der Waals surface area contributed by atoms with Gasteiger partial charge in [-0.25, -0.2) is 0 Å². The Labute approximate surface area is 141 Å². The Hall–Kier alpha value is -1.48. The number of benzene rings is 2. The number of halogens is 1. The van der Waals surface area contributed by atoms with Crippen LogP contribution in [0.25, 0.3) is 11.1 Å². The topological polar surface area (TPSA) is 18.5 Å². The van der Waals surface area contributed by atoms with E-state index in [1.807, 2.05) is 45.9 Å². The minimum absolute atomic E-state index is 0.0902. The SMILES string of the molecule is Cc1cc(OC(C)C)c(-c2ccccc2)c(OC(C)C)c1Br. The van der Waals surface area contributed by atoms with Gasteiger partial charge in [0.25, 0.3) is 0 Å². The van der Waals surface area contributed by atoms with Crippen LogP contribution >= 0.6 is 15.9 Å². The van der Waals surface area contributed by atoms with E-state index >= 15 is 0 Å². The van der Waals surface area contributed by atoms with Gasteiger partial charge < -0.3 is 9.47 Å². The third-order valence-corrected chi connectivity index (χ3v) is 4.13. The van der Waals surface area contributed by atoms with Crippen LogP contribution in [0.4, 0.5) is 0 Å². The van der Waals surface area contributed by atoms with Crippen molar-refractivity contribution in [2.24, 2.45) is 0 Å². The summed E-state index contributed by atoms with van der Waals surface area (Å²) in [6, 6.07) is 12.3. The Morgan fingerprint density at radius 2 is 1.50 bits per heavy atom. The fourth-order valence-electron chi connectivity index (χ4n) is 2.30. The van der Waals surface area contributed by atoms with Crippen molar-refractivity contribution in [1.29, 1.82) is 0 Å². The molecule has 118 valence electrons. The smallest absolute Gasteiger partial charge is 0.145 e. The van der Waals surface area contributed by atoms with Crippen molar-refractivity contribution in [3.8, 4) is 22.6 Å². The molecule has 0 bridgehead atoms. The first kappa shape index (κ1) is 16.9. The molecule has 0 spiro atoms. The molecule has 0 unspecified atom stereocenters. The average molecular weight is 363 g/mol. The minimum atomic E-state index is 0.0902. The second kappa shape index (κ2) is 7.19. The summed E-state index contributed by atoms with van der Waals surface area (Å²) in [5, 5.41) is 0. The lowest BCUT2D eigenvalue weighted by Gasteiger charge is -2.22. The van der Waals surface area contributed by atoms with E-state index in [1.54, 1.807) is 0 Å². The quantitative estimate of drug-likeness (QED) is 0.649. The fraction of sp³-hybridized carbons (Fsp3) is 0.368. The predicted octanol–water partition coefficient (Wildman–Crippen LogP) is 6.00. The number of aryl methyl sites for hydroxylation is 1. The van der Waals surface area contributed by atoms with Crippen LogP contribution < -0.4 is 9.47 Å². The molecule has 2 nitrogen and oxygen atoms in total. The van der Waals surface area contributed by atoms with E-state index in [9.17, 15) is 0 Å². The maximum atomic E-state index is 6.11. The Kier molecular flexibility index (Phi) is 5.52. The summed E-state index contributed by atoms with van der Waals surface area (Å²) in [6.07, 6.45) is 0.197. The Morgan fingerprint density at radius 3 is 2.05 bits per heavy atom. The van der Waals surface area contributed by atoms with Crippen LogP contribution in [-0.4, -0.2) is 12.2 Å². The van der Waals surface area contributed by atoms with E-state index in [2.05, 4.69) is 41.1 Å². The summed E-state index contributed by atoms with van der Waals surface area (Å²) in [6.45, 7) is 10.2. The standard InChI is InChI=1S/C19H23BrO2/c1-12(2)21-16-11-14(5)18(20)19(22-13(3)4)17(16)15-9-7-6-8-10-15/h6-13H,1-5H3. The van der Waals surface area contributed by atoms with Gasteiger partial charge >= 0.3 is 0 Å². The molecule has 0 N–H and O–H groups in total. The maximum Gasteiger partial charge on any atom is 0.145 e. The molecule has 22 heavy (non-hydrogen) atoms. The van der Waals surface area contributed by atoms with E-state index in [4.69, 9.17) is 9.47 Å². The molecule has 0 saturated heterocycles. The number of hydrogen-bond donors (Lipinski definition) is 0. The lowest BCUT2D eigenvalue weighted by Crippen LogP contribution is -2.11. The Bertz CT molecular complexity index is 634. The summed E-state index contributed by atoms with van der Waals surface area (Å²) >= 11 is 3.68. The van der Waals surface area contributed by atoms with Gasteiger partial charge in [0.15, 0.2) is 0 Å². The molecule has 3 heteroatoms. The zero-order valence-corrected chi connectivity index (χ0v) is 15.4. The van der Waals surface area contributed by atoms with Gasteiger partial charge in [0.1, 0.15) is 11.5 Å². The van der Waals surface area contributed by atoms with Gasteiger partial charge in [-0.2, -0.15) is 0 Å². The monoisotopic (exact) mass is 362 g/mol. The number of ether oxygens (including phenoxy) is 2. The van der Waals surface area contributed by atoms with Crippen LogP contribution in [0, 0.1) is 6.92 Å². The third-order valence-electron chi connectivity index (χ3n) is 3.15. The summed E-state index contributed by atoms with van der Waals surface area (Å²) in [5.74, 6) is 1.70. The van der Waals surface area contributed by atoms with Crippen LogP contribution in [0.2, 0.25) is 0 Å². The van der Waals surface area contributed by atoms with Gasteiger partial charge in [-0.3, -0.25) is 0 Å². The van der Waals surface area contributed by atoms with Crippen molar-refractivity contribution in [2.75, 3.05) is 0 Å². The van der Waals surface area contributed by atoms with Gasteiger partial charge in [-0.15, -0.1) is 0 Å². The second-order valence-corrected chi connectivity index (χ2v) is 6.70. The summed E-state index contributed by atoms with van der Waals surface area (Å²) in [4.78, 5) is 0. The Balaban J connectivity index is 2.70. The first-order chi connectivity index (χ1) is 10.4. The molecule has 0 atom stereocenters. The molecule has 2 aromatic carbocycles. The molecular weight excluding hydrogens is 340 g/mol. The molecule has 0 aliphatic carbocycles. The summed E-state index contributed by atoms with van der Waals surface area (Å²) < 4.78 is 13.1. The molecule has 0 aliphatic rings. The summed E-state index contributed by atoms with van der Waals surface area (Å²) in [5.41, 5.74) is 3.20. The van der Waals surface area contributed by atoms with Crippen LogP contribution in [0.15, 0.2) is 40.9 Å². The van der Waals surface area contributed by atoms with Crippen LogP contribution in [0.1, 0.15) is 33.3 Å². The molecule has 0 amide bonds. The van der Waals surface area contributed by atoms with Crippen LogP contribution in [0.3, 0.4) is 0 Å². The largest absolute Gasteiger partial charge is 0.490 e. The minimum Gasteiger partial charge on any atom is -0.490 e. The van der Waals surface area contributed by atoms with Crippen LogP contribution in [0.5, 0.6) is 11.5 Å². The molecule has 0 aromatic heterocycles. The van der Waals surface area contributed by atoms with Crippen molar-refractivity contribution < 1.29 is 9.47 Å². The molecule has 2 aromatic rings. The van der Waals surface area contributed by atoms with Gasteiger partial charge in [0.2, 0.25) is 0 Å². The second-order valence-electron chi connectivity index (χ2n) is 5.91. The van der Waals surface area contributed by atoms with Crippen molar-refractivity contribution in [1.82, 2.24) is 0 Å². The van der Waals surface area contributed by atoms with E-state index < -0.39 is 0 Å². The zero-order valence-electron chi connectivity index (χ0n) is 13.8.